The number of hydrogen-bond acceptors (Lipinski definition) is 3. The number of nitrogens with zero attached hydrogens (tertiary/aromatic N) is 2. The van der Waals surface area contributed by atoms with E-state index in [4.69, 9.17) is 16.3 Å². The van der Waals surface area contributed by atoms with Gasteiger partial charge in [0, 0.05) is 10.7 Å². The number of aryl methyl sites for hydroxylation is 2. The van der Waals surface area contributed by atoms with E-state index in [1.165, 1.54) is 4.68 Å². The molecule has 2 rings (SSSR count). The minimum atomic E-state index is -0.628. The summed E-state index contributed by atoms with van der Waals surface area (Å²) in [5.41, 5.74) is 1.60. The van der Waals surface area contributed by atoms with Crippen LogP contribution in [0.1, 0.15) is 23.1 Å². The lowest BCUT2D eigenvalue weighted by Crippen LogP contribution is -2.30. The maximum absolute atomic E-state index is 12.2. The number of rotatable bonds is 3. The van der Waals surface area contributed by atoms with Crippen molar-refractivity contribution in [2.45, 2.75) is 26.9 Å². The molecule has 0 unspecified atom stereocenters. The first-order valence-electron chi connectivity index (χ1n) is 5.97. The van der Waals surface area contributed by atoms with Crippen LogP contribution in [0.5, 0.6) is 5.75 Å². The summed E-state index contributed by atoms with van der Waals surface area (Å²) in [7, 11) is 0. The highest BCUT2D eigenvalue weighted by atomic mass is 35.5. The highest BCUT2D eigenvalue weighted by molar-refractivity contribution is 6.30. The standard InChI is InChI=1S/C14H15ClN2O2/c1-9-7-10(2)17(16-9)14(18)11(3)19-13-6-4-5-12(15)8-13/h4-8,11H,1-3H3/t11-/m1/s1. The highest BCUT2D eigenvalue weighted by Gasteiger charge is 2.19. The predicted molar refractivity (Wildman–Crippen MR) is 73.9 cm³/mol. The molecule has 1 atom stereocenters. The van der Waals surface area contributed by atoms with Gasteiger partial charge in [-0.15, -0.1) is 0 Å². The Kier molecular flexibility index (Phi) is 3.90. The molecule has 0 fully saturated rings. The average molecular weight is 279 g/mol. The van der Waals surface area contributed by atoms with Gasteiger partial charge in [0.1, 0.15) is 5.75 Å². The second-order valence-corrected chi connectivity index (χ2v) is 4.83. The molecular weight excluding hydrogens is 264 g/mol. The number of aromatic nitrogens is 2. The van der Waals surface area contributed by atoms with E-state index in [-0.39, 0.29) is 5.91 Å². The van der Waals surface area contributed by atoms with E-state index in [0.717, 1.165) is 11.4 Å². The number of benzene rings is 1. The molecular formula is C14H15ClN2O2. The summed E-state index contributed by atoms with van der Waals surface area (Å²) in [6.07, 6.45) is -0.628. The fraction of sp³-hybridized carbons (Fsp3) is 0.286. The van der Waals surface area contributed by atoms with Crippen LogP contribution in [0.2, 0.25) is 5.02 Å². The van der Waals surface area contributed by atoms with Crippen LogP contribution in [0.4, 0.5) is 0 Å². The van der Waals surface area contributed by atoms with Gasteiger partial charge < -0.3 is 4.74 Å². The monoisotopic (exact) mass is 278 g/mol. The number of hydrogen-bond donors (Lipinski definition) is 0. The van der Waals surface area contributed by atoms with Gasteiger partial charge in [0.15, 0.2) is 6.10 Å². The minimum absolute atomic E-state index is 0.203. The first-order chi connectivity index (χ1) is 8.97. The molecule has 0 saturated heterocycles. The normalized spacial score (nSPS) is 12.2. The second kappa shape index (κ2) is 5.45. The molecule has 1 aromatic carbocycles. The Labute approximate surface area is 116 Å². The lowest BCUT2D eigenvalue weighted by molar-refractivity contribution is 0.0707. The molecule has 5 heteroatoms. The number of carbonyl (C=O) groups excluding carboxylic acids is 1. The first kappa shape index (κ1) is 13.6. The van der Waals surface area contributed by atoms with Crippen molar-refractivity contribution in [2.24, 2.45) is 0 Å². The quantitative estimate of drug-likeness (QED) is 0.865. The number of ether oxygens (including phenoxy) is 1. The van der Waals surface area contributed by atoms with Gasteiger partial charge >= 0.3 is 0 Å². The largest absolute Gasteiger partial charge is 0.481 e. The molecule has 0 bridgehead atoms. The smallest absolute Gasteiger partial charge is 0.287 e. The van der Waals surface area contributed by atoms with E-state index in [2.05, 4.69) is 5.10 Å². The summed E-state index contributed by atoms with van der Waals surface area (Å²) in [5, 5.41) is 4.72. The van der Waals surface area contributed by atoms with Gasteiger partial charge in [-0.3, -0.25) is 4.79 Å². The van der Waals surface area contributed by atoms with Gasteiger partial charge in [-0.1, -0.05) is 17.7 Å². The van der Waals surface area contributed by atoms with Crippen molar-refractivity contribution >= 4 is 17.5 Å². The molecule has 0 spiro atoms. The van der Waals surface area contributed by atoms with Crippen molar-refractivity contribution in [3.63, 3.8) is 0 Å². The first-order valence-corrected chi connectivity index (χ1v) is 6.35. The molecule has 4 nitrogen and oxygen atoms in total. The molecule has 1 heterocycles. The van der Waals surface area contributed by atoms with Crippen molar-refractivity contribution in [3.05, 3.63) is 46.7 Å². The summed E-state index contributed by atoms with van der Waals surface area (Å²) in [6, 6.07) is 8.81. The lowest BCUT2D eigenvalue weighted by atomic mass is 10.3. The molecule has 0 aliphatic carbocycles. The van der Waals surface area contributed by atoms with Crippen LogP contribution in [0.3, 0.4) is 0 Å². The topological polar surface area (TPSA) is 44.1 Å². The molecule has 0 radical (unpaired) electrons. The zero-order valence-corrected chi connectivity index (χ0v) is 11.8. The third-order valence-electron chi connectivity index (χ3n) is 2.68. The third-order valence-corrected chi connectivity index (χ3v) is 2.91. The molecule has 100 valence electrons. The Morgan fingerprint density at radius 2 is 2.11 bits per heavy atom. The Balaban J connectivity index is 2.14. The molecule has 0 saturated carbocycles. The third kappa shape index (κ3) is 3.15. The Bertz CT molecular complexity index is 607. The van der Waals surface area contributed by atoms with E-state index >= 15 is 0 Å². The van der Waals surface area contributed by atoms with Crippen LogP contribution in [0, 0.1) is 13.8 Å². The van der Waals surface area contributed by atoms with Gasteiger partial charge in [-0.2, -0.15) is 5.10 Å². The van der Waals surface area contributed by atoms with Crippen molar-refractivity contribution in [1.29, 1.82) is 0 Å². The Morgan fingerprint density at radius 1 is 1.37 bits per heavy atom. The number of halogens is 1. The van der Waals surface area contributed by atoms with Gasteiger partial charge in [-0.25, -0.2) is 4.68 Å². The van der Waals surface area contributed by atoms with Crippen molar-refractivity contribution < 1.29 is 9.53 Å². The summed E-state index contributed by atoms with van der Waals surface area (Å²) in [4.78, 5) is 12.2. The van der Waals surface area contributed by atoms with Gasteiger partial charge in [0.2, 0.25) is 0 Å². The van der Waals surface area contributed by atoms with Crippen LogP contribution < -0.4 is 4.74 Å². The van der Waals surface area contributed by atoms with E-state index < -0.39 is 6.10 Å². The zero-order valence-electron chi connectivity index (χ0n) is 11.1. The minimum Gasteiger partial charge on any atom is -0.481 e. The summed E-state index contributed by atoms with van der Waals surface area (Å²) < 4.78 is 6.95. The van der Waals surface area contributed by atoms with E-state index in [1.807, 2.05) is 19.9 Å². The zero-order chi connectivity index (χ0) is 14.0. The average Bonchev–Trinajstić information content (AvgIpc) is 2.67. The fourth-order valence-corrected chi connectivity index (χ4v) is 2.00. The second-order valence-electron chi connectivity index (χ2n) is 4.39. The van der Waals surface area contributed by atoms with Crippen LogP contribution in [-0.4, -0.2) is 21.8 Å². The van der Waals surface area contributed by atoms with Gasteiger partial charge in [-0.05, 0) is 45.0 Å². The van der Waals surface area contributed by atoms with E-state index in [0.29, 0.717) is 10.8 Å². The van der Waals surface area contributed by atoms with Crippen molar-refractivity contribution in [3.8, 4) is 5.75 Å². The SMILES string of the molecule is Cc1cc(C)n(C(=O)[C@@H](C)Oc2cccc(Cl)c2)n1. The molecule has 0 aliphatic heterocycles. The van der Waals surface area contributed by atoms with E-state index in [9.17, 15) is 4.79 Å². The summed E-state index contributed by atoms with van der Waals surface area (Å²) in [5.74, 6) is 0.362. The summed E-state index contributed by atoms with van der Waals surface area (Å²) >= 11 is 5.87. The van der Waals surface area contributed by atoms with E-state index in [1.54, 1.807) is 31.2 Å². The summed E-state index contributed by atoms with van der Waals surface area (Å²) in [6.45, 7) is 5.38. The number of carbonyl (C=O) groups is 1. The molecule has 2 aromatic rings. The van der Waals surface area contributed by atoms with Crippen molar-refractivity contribution in [1.82, 2.24) is 9.78 Å². The van der Waals surface area contributed by atoms with Gasteiger partial charge in [0.25, 0.3) is 5.91 Å². The Hall–Kier alpha value is -1.81. The van der Waals surface area contributed by atoms with Crippen LogP contribution >= 0.6 is 11.6 Å². The maximum Gasteiger partial charge on any atom is 0.287 e. The molecule has 0 amide bonds. The van der Waals surface area contributed by atoms with Crippen molar-refractivity contribution in [2.75, 3.05) is 0 Å². The molecule has 1 aromatic heterocycles. The van der Waals surface area contributed by atoms with Crippen LogP contribution in [-0.2, 0) is 0 Å². The predicted octanol–water partition coefficient (Wildman–Crippen LogP) is 3.26. The lowest BCUT2D eigenvalue weighted by Gasteiger charge is -2.14. The van der Waals surface area contributed by atoms with Crippen LogP contribution in [0.25, 0.3) is 0 Å². The fourth-order valence-electron chi connectivity index (χ4n) is 1.82. The molecule has 0 N–H and O–H groups in total. The molecule has 0 aliphatic rings. The highest BCUT2D eigenvalue weighted by Crippen LogP contribution is 2.18. The Morgan fingerprint density at radius 3 is 2.68 bits per heavy atom. The van der Waals surface area contributed by atoms with Crippen LogP contribution in [0.15, 0.2) is 30.3 Å². The van der Waals surface area contributed by atoms with Gasteiger partial charge in [0.05, 0.1) is 5.69 Å². The maximum atomic E-state index is 12.2. The molecule has 19 heavy (non-hydrogen) atoms.